The summed E-state index contributed by atoms with van der Waals surface area (Å²) in [6, 6.07) is 0.258. The highest BCUT2D eigenvalue weighted by Gasteiger charge is 2.39. The minimum Gasteiger partial charge on any atom is -0.455 e. The monoisotopic (exact) mass is 365 g/mol. The van der Waals surface area contributed by atoms with Gasteiger partial charge < -0.3 is 20.3 Å². The standard InChI is InChI=1S/C18H27N3O5/c19-17(24)12-5-7-20(8-6-12)16(23)11-26-18(25)13-9-15(22)21(10-13)14-3-1-2-4-14/h12-14H,1-11H2,(H2,19,24)/t13-/m1/s1. The minimum atomic E-state index is -0.475. The predicted octanol–water partition coefficient (Wildman–Crippen LogP) is 0.0446. The van der Waals surface area contributed by atoms with Gasteiger partial charge in [-0.2, -0.15) is 0 Å². The van der Waals surface area contributed by atoms with Gasteiger partial charge in [-0.05, 0) is 25.7 Å². The Bertz CT molecular complexity index is 579. The van der Waals surface area contributed by atoms with Crippen LogP contribution >= 0.6 is 0 Å². The lowest BCUT2D eigenvalue weighted by atomic mass is 9.96. The molecule has 8 heteroatoms. The molecule has 8 nitrogen and oxygen atoms in total. The number of nitrogens with two attached hydrogens (primary N) is 1. The molecule has 0 radical (unpaired) electrons. The summed E-state index contributed by atoms with van der Waals surface area (Å²) in [5.41, 5.74) is 5.28. The van der Waals surface area contributed by atoms with Crippen molar-refractivity contribution in [1.82, 2.24) is 9.80 Å². The van der Waals surface area contributed by atoms with Crippen LogP contribution in [0.25, 0.3) is 0 Å². The van der Waals surface area contributed by atoms with Crippen LogP contribution in [-0.4, -0.2) is 65.8 Å². The van der Waals surface area contributed by atoms with Gasteiger partial charge in [-0.3, -0.25) is 19.2 Å². The lowest BCUT2D eigenvalue weighted by Crippen LogP contribution is -2.43. The van der Waals surface area contributed by atoms with Crippen molar-refractivity contribution in [3.63, 3.8) is 0 Å². The summed E-state index contributed by atoms with van der Waals surface area (Å²) in [7, 11) is 0. The second kappa shape index (κ2) is 8.05. The van der Waals surface area contributed by atoms with Crippen molar-refractivity contribution in [3.05, 3.63) is 0 Å². The van der Waals surface area contributed by atoms with E-state index >= 15 is 0 Å². The average Bonchev–Trinajstić information content (AvgIpc) is 3.28. The van der Waals surface area contributed by atoms with E-state index in [4.69, 9.17) is 10.5 Å². The van der Waals surface area contributed by atoms with Crippen LogP contribution in [0.2, 0.25) is 0 Å². The summed E-state index contributed by atoms with van der Waals surface area (Å²) in [6.45, 7) is 0.984. The third-order valence-corrected chi connectivity index (χ3v) is 5.85. The van der Waals surface area contributed by atoms with E-state index in [2.05, 4.69) is 0 Å². The van der Waals surface area contributed by atoms with Gasteiger partial charge in [0.25, 0.3) is 5.91 Å². The molecule has 2 heterocycles. The first-order chi connectivity index (χ1) is 12.5. The molecular weight excluding hydrogens is 338 g/mol. The first kappa shape index (κ1) is 18.7. The van der Waals surface area contributed by atoms with E-state index in [-0.39, 0.29) is 42.7 Å². The molecule has 3 aliphatic rings. The second-order valence-electron chi connectivity index (χ2n) is 7.55. The van der Waals surface area contributed by atoms with Gasteiger partial charge in [0.2, 0.25) is 11.8 Å². The maximum absolute atomic E-state index is 12.2. The molecule has 3 rings (SSSR count). The van der Waals surface area contributed by atoms with Crippen molar-refractivity contribution in [2.24, 2.45) is 17.6 Å². The first-order valence-electron chi connectivity index (χ1n) is 9.49. The zero-order chi connectivity index (χ0) is 18.7. The van der Waals surface area contributed by atoms with Gasteiger partial charge in [0, 0.05) is 38.0 Å². The zero-order valence-electron chi connectivity index (χ0n) is 15.0. The molecule has 26 heavy (non-hydrogen) atoms. The molecule has 0 spiro atoms. The molecule has 1 atom stereocenters. The number of piperidine rings is 1. The number of carbonyl (C=O) groups excluding carboxylic acids is 4. The number of carbonyl (C=O) groups is 4. The fraction of sp³-hybridized carbons (Fsp3) is 0.778. The van der Waals surface area contributed by atoms with E-state index in [0.29, 0.717) is 32.5 Å². The number of nitrogens with zero attached hydrogens (tertiary/aromatic N) is 2. The fourth-order valence-electron chi connectivity index (χ4n) is 4.21. The molecule has 144 valence electrons. The van der Waals surface area contributed by atoms with Crippen molar-refractivity contribution in [3.8, 4) is 0 Å². The van der Waals surface area contributed by atoms with Crippen LogP contribution in [0.4, 0.5) is 0 Å². The molecule has 1 saturated carbocycles. The Hall–Kier alpha value is -2.12. The van der Waals surface area contributed by atoms with Gasteiger partial charge in [0.05, 0.1) is 5.92 Å². The summed E-state index contributed by atoms with van der Waals surface area (Å²) in [6.07, 6.45) is 5.54. The van der Waals surface area contributed by atoms with Gasteiger partial charge >= 0.3 is 5.97 Å². The first-order valence-corrected chi connectivity index (χ1v) is 9.49. The largest absolute Gasteiger partial charge is 0.455 e. The average molecular weight is 365 g/mol. The normalized spacial score (nSPS) is 24.9. The number of hydrogen-bond acceptors (Lipinski definition) is 5. The highest BCUT2D eigenvalue weighted by molar-refractivity contribution is 5.88. The summed E-state index contributed by atoms with van der Waals surface area (Å²) in [5.74, 6) is -1.72. The van der Waals surface area contributed by atoms with E-state index in [1.54, 1.807) is 4.90 Å². The second-order valence-corrected chi connectivity index (χ2v) is 7.55. The Balaban J connectivity index is 1.42. The lowest BCUT2D eigenvalue weighted by Gasteiger charge is -2.30. The van der Waals surface area contributed by atoms with E-state index in [9.17, 15) is 19.2 Å². The summed E-state index contributed by atoms with van der Waals surface area (Å²) < 4.78 is 5.17. The lowest BCUT2D eigenvalue weighted by molar-refractivity contribution is -0.155. The van der Waals surface area contributed by atoms with Gasteiger partial charge in [0.15, 0.2) is 6.61 Å². The zero-order valence-corrected chi connectivity index (χ0v) is 15.0. The number of ether oxygens (including phenoxy) is 1. The van der Waals surface area contributed by atoms with Gasteiger partial charge in [-0.1, -0.05) is 12.8 Å². The molecule has 0 aromatic carbocycles. The summed E-state index contributed by atoms with van der Waals surface area (Å²) in [4.78, 5) is 51.2. The van der Waals surface area contributed by atoms with E-state index in [0.717, 1.165) is 25.7 Å². The number of primary amides is 1. The molecule has 0 aromatic heterocycles. The minimum absolute atomic E-state index is 0.0127. The molecule has 2 saturated heterocycles. The van der Waals surface area contributed by atoms with Crippen LogP contribution in [0.1, 0.15) is 44.9 Å². The maximum Gasteiger partial charge on any atom is 0.311 e. The molecular formula is C18H27N3O5. The molecule has 2 aliphatic heterocycles. The molecule has 3 fully saturated rings. The van der Waals surface area contributed by atoms with Gasteiger partial charge in [-0.25, -0.2) is 0 Å². The third kappa shape index (κ3) is 4.16. The van der Waals surface area contributed by atoms with Crippen LogP contribution in [0.3, 0.4) is 0 Å². The molecule has 2 N–H and O–H groups in total. The highest BCUT2D eigenvalue weighted by Crippen LogP contribution is 2.29. The van der Waals surface area contributed by atoms with E-state index < -0.39 is 11.9 Å². The number of esters is 1. The van der Waals surface area contributed by atoms with Crippen LogP contribution < -0.4 is 5.73 Å². The molecule has 0 aromatic rings. The Morgan fingerprint density at radius 1 is 1.04 bits per heavy atom. The SMILES string of the molecule is NC(=O)C1CCN(C(=O)COC(=O)[C@@H]2CC(=O)N(C3CCCC3)C2)CC1. The molecule has 1 aliphatic carbocycles. The van der Waals surface area contributed by atoms with Gasteiger partial charge in [0.1, 0.15) is 0 Å². The Morgan fingerprint density at radius 3 is 2.31 bits per heavy atom. The number of hydrogen-bond donors (Lipinski definition) is 1. The van der Waals surface area contributed by atoms with Crippen LogP contribution in [0.15, 0.2) is 0 Å². The quantitative estimate of drug-likeness (QED) is 0.692. The number of amides is 3. The summed E-state index contributed by atoms with van der Waals surface area (Å²) >= 11 is 0. The third-order valence-electron chi connectivity index (χ3n) is 5.85. The van der Waals surface area contributed by atoms with Crippen molar-refractivity contribution in [1.29, 1.82) is 0 Å². The topological polar surface area (TPSA) is 110 Å². The van der Waals surface area contributed by atoms with E-state index in [1.165, 1.54) is 0 Å². The smallest absolute Gasteiger partial charge is 0.311 e. The van der Waals surface area contributed by atoms with Crippen LogP contribution in [-0.2, 0) is 23.9 Å². The number of likely N-dealkylation sites (tertiary alicyclic amines) is 2. The summed E-state index contributed by atoms with van der Waals surface area (Å²) in [5, 5.41) is 0. The molecule has 0 unspecified atom stereocenters. The van der Waals surface area contributed by atoms with Crippen molar-refractivity contribution in [2.75, 3.05) is 26.2 Å². The Kier molecular flexibility index (Phi) is 5.78. The van der Waals surface area contributed by atoms with Crippen molar-refractivity contribution >= 4 is 23.7 Å². The van der Waals surface area contributed by atoms with Crippen LogP contribution in [0.5, 0.6) is 0 Å². The van der Waals surface area contributed by atoms with Crippen molar-refractivity contribution in [2.45, 2.75) is 51.0 Å². The maximum atomic E-state index is 12.2. The fourth-order valence-corrected chi connectivity index (χ4v) is 4.21. The van der Waals surface area contributed by atoms with Crippen LogP contribution in [0, 0.1) is 11.8 Å². The molecule has 3 amide bonds. The van der Waals surface area contributed by atoms with Gasteiger partial charge in [-0.15, -0.1) is 0 Å². The van der Waals surface area contributed by atoms with Crippen molar-refractivity contribution < 1.29 is 23.9 Å². The predicted molar refractivity (Wildman–Crippen MR) is 91.5 cm³/mol. The Labute approximate surface area is 153 Å². The molecule has 0 bridgehead atoms. The Morgan fingerprint density at radius 2 is 1.69 bits per heavy atom. The highest BCUT2D eigenvalue weighted by atomic mass is 16.5. The number of rotatable bonds is 5. The van der Waals surface area contributed by atoms with E-state index in [1.807, 2.05) is 4.90 Å².